The first-order valence-corrected chi connectivity index (χ1v) is 6.85. The SMILES string of the molecule is Cc1nn2c(C)c(-c3cccc(Br)c3)nc2s1. The Morgan fingerprint density at radius 2 is 2.12 bits per heavy atom. The number of aryl methyl sites for hydroxylation is 2. The number of benzene rings is 1. The summed E-state index contributed by atoms with van der Waals surface area (Å²) in [7, 11) is 0. The lowest BCUT2D eigenvalue weighted by Crippen LogP contribution is -1.89. The van der Waals surface area contributed by atoms with Gasteiger partial charge in [-0.1, -0.05) is 39.4 Å². The zero-order valence-corrected chi connectivity index (χ0v) is 11.8. The van der Waals surface area contributed by atoms with E-state index in [1.165, 1.54) is 0 Å². The monoisotopic (exact) mass is 307 g/mol. The number of fused-ring (bicyclic) bond motifs is 1. The van der Waals surface area contributed by atoms with Gasteiger partial charge in [0.2, 0.25) is 4.96 Å². The van der Waals surface area contributed by atoms with Crippen LogP contribution in [0.5, 0.6) is 0 Å². The van der Waals surface area contributed by atoms with Crippen molar-refractivity contribution in [1.29, 1.82) is 0 Å². The van der Waals surface area contributed by atoms with Gasteiger partial charge in [-0.2, -0.15) is 5.10 Å². The summed E-state index contributed by atoms with van der Waals surface area (Å²) in [5.74, 6) is 0. The average molecular weight is 308 g/mol. The van der Waals surface area contributed by atoms with Crippen molar-refractivity contribution >= 4 is 32.2 Å². The van der Waals surface area contributed by atoms with Gasteiger partial charge in [0, 0.05) is 10.0 Å². The van der Waals surface area contributed by atoms with Gasteiger partial charge in [0.25, 0.3) is 0 Å². The molecule has 0 N–H and O–H groups in total. The molecule has 0 fully saturated rings. The van der Waals surface area contributed by atoms with E-state index in [9.17, 15) is 0 Å². The van der Waals surface area contributed by atoms with Crippen LogP contribution in [0.1, 0.15) is 10.7 Å². The minimum absolute atomic E-state index is 0.954. The molecular formula is C12H10BrN3S. The second-order valence-electron chi connectivity index (χ2n) is 3.87. The molecule has 0 saturated carbocycles. The van der Waals surface area contributed by atoms with Crippen LogP contribution in [-0.2, 0) is 0 Å². The molecule has 5 heteroatoms. The van der Waals surface area contributed by atoms with E-state index >= 15 is 0 Å². The number of hydrogen-bond donors (Lipinski definition) is 0. The maximum Gasteiger partial charge on any atom is 0.212 e. The zero-order chi connectivity index (χ0) is 12.0. The molecule has 2 heterocycles. The smallest absolute Gasteiger partial charge is 0.212 e. The number of aromatic nitrogens is 3. The van der Waals surface area contributed by atoms with Crippen LogP contribution in [0.3, 0.4) is 0 Å². The molecular weight excluding hydrogens is 298 g/mol. The standard InChI is InChI=1S/C12H10BrN3S/c1-7-11(9-4-3-5-10(13)6-9)14-12-16(7)15-8(2)17-12/h3-6H,1-2H3. The second-order valence-corrected chi connectivity index (χ2v) is 5.95. The number of imidazole rings is 1. The predicted octanol–water partition coefficient (Wildman–Crippen LogP) is 3.84. The fraction of sp³-hybridized carbons (Fsp3) is 0.167. The zero-order valence-electron chi connectivity index (χ0n) is 9.44. The van der Waals surface area contributed by atoms with E-state index in [2.05, 4.69) is 45.1 Å². The van der Waals surface area contributed by atoms with E-state index in [-0.39, 0.29) is 0 Å². The van der Waals surface area contributed by atoms with Crippen molar-refractivity contribution in [1.82, 2.24) is 14.6 Å². The Labute approximate surface area is 111 Å². The fourth-order valence-electron chi connectivity index (χ4n) is 1.85. The molecule has 0 radical (unpaired) electrons. The Morgan fingerprint density at radius 1 is 1.29 bits per heavy atom. The number of nitrogens with zero attached hydrogens (tertiary/aromatic N) is 3. The summed E-state index contributed by atoms with van der Waals surface area (Å²) < 4.78 is 2.98. The van der Waals surface area contributed by atoms with Gasteiger partial charge in [0.05, 0.1) is 11.4 Å². The number of halogens is 1. The van der Waals surface area contributed by atoms with Gasteiger partial charge in [0.15, 0.2) is 0 Å². The Bertz CT molecular complexity index is 699. The molecule has 0 aliphatic heterocycles. The van der Waals surface area contributed by atoms with E-state index in [1.54, 1.807) is 11.3 Å². The topological polar surface area (TPSA) is 30.2 Å². The van der Waals surface area contributed by atoms with Gasteiger partial charge in [0.1, 0.15) is 5.01 Å². The summed E-state index contributed by atoms with van der Waals surface area (Å²) in [4.78, 5) is 5.60. The molecule has 0 aliphatic carbocycles. The van der Waals surface area contributed by atoms with Crippen molar-refractivity contribution < 1.29 is 0 Å². The molecule has 17 heavy (non-hydrogen) atoms. The lowest BCUT2D eigenvalue weighted by molar-refractivity contribution is 0.909. The normalized spacial score (nSPS) is 11.2. The first-order chi connectivity index (χ1) is 8.15. The minimum Gasteiger partial charge on any atom is -0.217 e. The van der Waals surface area contributed by atoms with E-state index in [0.29, 0.717) is 0 Å². The molecule has 0 aliphatic rings. The Hall–Kier alpha value is -1.20. The molecule has 86 valence electrons. The lowest BCUT2D eigenvalue weighted by Gasteiger charge is -1.99. The van der Waals surface area contributed by atoms with Gasteiger partial charge in [-0.25, -0.2) is 9.50 Å². The molecule has 3 rings (SSSR count). The Morgan fingerprint density at radius 3 is 2.82 bits per heavy atom. The molecule has 1 aromatic carbocycles. The highest BCUT2D eigenvalue weighted by Gasteiger charge is 2.13. The van der Waals surface area contributed by atoms with E-state index in [0.717, 1.165) is 31.4 Å². The molecule has 0 spiro atoms. The third-order valence-corrected chi connectivity index (χ3v) is 3.94. The van der Waals surface area contributed by atoms with Gasteiger partial charge in [-0.15, -0.1) is 0 Å². The van der Waals surface area contributed by atoms with Gasteiger partial charge in [-0.05, 0) is 26.0 Å². The van der Waals surface area contributed by atoms with E-state index < -0.39 is 0 Å². The summed E-state index contributed by atoms with van der Waals surface area (Å²) in [6.07, 6.45) is 0. The van der Waals surface area contributed by atoms with Crippen molar-refractivity contribution in [3.63, 3.8) is 0 Å². The van der Waals surface area contributed by atoms with Crippen molar-refractivity contribution in [3.8, 4) is 11.3 Å². The highest BCUT2D eigenvalue weighted by Crippen LogP contribution is 2.27. The third kappa shape index (κ3) is 1.79. The lowest BCUT2D eigenvalue weighted by atomic mass is 10.1. The van der Waals surface area contributed by atoms with E-state index in [4.69, 9.17) is 0 Å². The average Bonchev–Trinajstić information content (AvgIpc) is 2.78. The van der Waals surface area contributed by atoms with Crippen LogP contribution in [0.15, 0.2) is 28.7 Å². The quantitative estimate of drug-likeness (QED) is 0.684. The molecule has 0 unspecified atom stereocenters. The van der Waals surface area contributed by atoms with E-state index in [1.807, 2.05) is 23.6 Å². The first kappa shape index (κ1) is 10.9. The second kappa shape index (κ2) is 3.92. The van der Waals surface area contributed by atoms with Crippen LogP contribution >= 0.6 is 27.3 Å². The van der Waals surface area contributed by atoms with Crippen molar-refractivity contribution in [3.05, 3.63) is 39.4 Å². The molecule has 0 bridgehead atoms. The molecule has 2 aromatic heterocycles. The van der Waals surface area contributed by atoms with Crippen molar-refractivity contribution in [2.45, 2.75) is 13.8 Å². The van der Waals surface area contributed by atoms with Crippen LogP contribution < -0.4 is 0 Å². The van der Waals surface area contributed by atoms with Crippen molar-refractivity contribution in [2.24, 2.45) is 0 Å². The van der Waals surface area contributed by atoms with Gasteiger partial charge >= 0.3 is 0 Å². The molecule has 3 nitrogen and oxygen atoms in total. The van der Waals surface area contributed by atoms with Gasteiger partial charge in [-0.3, -0.25) is 0 Å². The molecule has 3 aromatic rings. The number of rotatable bonds is 1. The Kier molecular flexibility index (Phi) is 2.52. The summed E-state index contributed by atoms with van der Waals surface area (Å²) in [6, 6.07) is 8.17. The van der Waals surface area contributed by atoms with Crippen molar-refractivity contribution in [2.75, 3.05) is 0 Å². The third-order valence-electron chi connectivity index (χ3n) is 2.63. The molecule has 0 atom stereocenters. The highest BCUT2D eigenvalue weighted by molar-refractivity contribution is 9.10. The van der Waals surface area contributed by atoms with Crippen LogP contribution in [0.4, 0.5) is 0 Å². The summed E-state index contributed by atoms with van der Waals surface area (Å²) >= 11 is 5.10. The van der Waals surface area contributed by atoms with Crippen LogP contribution in [0, 0.1) is 13.8 Å². The van der Waals surface area contributed by atoms with Crippen LogP contribution in [-0.4, -0.2) is 14.6 Å². The molecule has 0 saturated heterocycles. The summed E-state index contributed by atoms with van der Waals surface area (Å²) in [5, 5.41) is 5.48. The Balaban J connectivity index is 2.24. The summed E-state index contributed by atoms with van der Waals surface area (Å²) in [6.45, 7) is 4.05. The minimum atomic E-state index is 0.954. The highest BCUT2D eigenvalue weighted by atomic mass is 79.9. The van der Waals surface area contributed by atoms with Gasteiger partial charge < -0.3 is 0 Å². The largest absolute Gasteiger partial charge is 0.217 e. The van der Waals surface area contributed by atoms with Crippen LogP contribution in [0.2, 0.25) is 0 Å². The number of hydrogen-bond acceptors (Lipinski definition) is 3. The maximum absolute atomic E-state index is 4.64. The fourth-order valence-corrected chi connectivity index (χ4v) is 3.04. The first-order valence-electron chi connectivity index (χ1n) is 5.24. The predicted molar refractivity (Wildman–Crippen MR) is 73.5 cm³/mol. The molecule has 0 amide bonds. The maximum atomic E-state index is 4.64. The summed E-state index contributed by atoms with van der Waals surface area (Å²) in [5.41, 5.74) is 3.21. The van der Waals surface area contributed by atoms with Crippen LogP contribution in [0.25, 0.3) is 16.2 Å².